The van der Waals surface area contributed by atoms with Crippen LogP contribution in [0, 0.1) is 10.1 Å². The molecule has 0 saturated heterocycles. The minimum Gasteiger partial charge on any atom is -0.496 e. The van der Waals surface area contributed by atoms with Gasteiger partial charge in [0, 0.05) is 10.9 Å². The third-order valence-electron chi connectivity index (χ3n) is 5.71. The molecule has 8 nitrogen and oxygen atoms in total. The Morgan fingerprint density at radius 3 is 2.31 bits per heavy atom. The number of nitrogens with zero attached hydrogens (tertiary/aromatic N) is 2. The average molecular weight is 497 g/mol. The first-order valence-electron chi connectivity index (χ1n) is 10.9. The number of hydrogen-bond acceptors (Lipinski definition) is 7. The summed E-state index contributed by atoms with van der Waals surface area (Å²) < 4.78 is 5.07. The molecule has 1 amide bonds. The molecular formula is C27H20N4O4S. The van der Waals surface area contributed by atoms with Crippen molar-refractivity contribution in [3.63, 3.8) is 0 Å². The van der Waals surface area contributed by atoms with Crippen LogP contribution < -0.4 is 15.8 Å². The van der Waals surface area contributed by atoms with E-state index in [-0.39, 0.29) is 21.9 Å². The number of thiophene rings is 1. The molecule has 0 spiro atoms. The number of benzene rings is 3. The van der Waals surface area contributed by atoms with Gasteiger partial charge in [-0.3, -0.25) is 14.9 Å². The van der Waals surface area contributed by atoms with Gasteiger partial charge in [0.2, 0.25) is 0 Å². The number of hydrogen-bond donors (Lipinski definition) is 2. The number of rotatable bonds is 6. The number of methoxy groups -OCH3 is 1. The Hall–Kier alpha value is -4.76. The van der Waals surface area contributed by atoms with E-state index in [1.807, 2.05) is 66.7 Å². The van der Waals surface area contributed by atoms with E-state index in [1.54, 1.807) is 0 Å². The summed E-state index contributed by atoms with van der Waals surface area (Å²) in [6.07, 6.45) is 0. The van der Waals surface area contributed by atoms with Gasteiger partial charge in [-0.25, -0.2) is 4.98 Å². The Morgan fingerprint density at radius 2 is 1.67 bits per heavy atom. The molecule has 5 aromatic rings. The van der Waals surface area contributed by atoms with Gasteiger partial charge in [0.1, 0.15) is 21.1 Å². The molecule has 0 saturated carbocycles. The van der Waals surface area contributed by atoms with Crippen LogP contribution in [0.15, 0.2) is 84.9 Å². The van der Waals surface area contributed by atoms with Crippen LogP contribution in [0.2, 0.25) is 0 Å². The van der Waals surface area contributed by atoms with Crippen LogP contribution >= 0.6 is 11.3 Å². The van der Waals surface area contributed by atoms with Crippen molar-refractivity contribution in [1.29, 1.82) is 0 Å². The molecule has 0 fully saturated rings. The van der Waals surface area contributed by atoms with Gasteiger partial charge < -0.3 is 15.8 Å². The molecule has 0 unspecified atom stereocenters. The Bertz CT molecular complexity index is 1600. The number of nitro benzene ring substituents is 1. The first-order chi connectivity index (χ1) is 17.5. The zero-order chi connectivity index (χ0) is 25.2. The molecule has 3 N–H and O–H groups in total. The number of amides is 1. The summed E-state index contributed by atoms with van der Waals surface area (Å²) in [7, 11) is 1.41. The summed E-state index contributed by atoms with van der Waals surface area (Å²) in [5, 5.41) is 14.9. The molecule has 178 valence electrons. The summed E-state index contributed by atoms with van der Waals surface area (Å²) in [5.41, 5.74) is 10.0. The lowest BCUT2D eigenvalue weighted by Gasteiger charge is -2.09. The highest BCUT2D eigenvalue weighted by atomic mass is 32.1. The van der Waals surface area contributed by atoms with Gasteiger partial charge in [0.25, 0.3) is 11.6 Å². The SMILES string of the molecule is COc1ccc(NC(=O)c2sc3nc(-c4ccccc4)cc(-c4ccccc4)c3c2N)c([N+](=O)[O-])c1. The Kier molecular flexibility index (Phi) is 6.05. The van der Waals surface area contributed by atoms with Crippen molar-refractivity contribution in [2.24, 2.45) is 0 Å². The van der Waals surface area contributed by atoms with E-state index in [9.17, 15) is 14.9 Å². The van der Waals surface area contributed by atoms with Gasteiger partial charge in [-0.1, -0.05) is 60.7 Å². The fourth-order valence-electron chi connectivity index (χ4n) is 3.97. The van der Waals surface area contributed by atoms with E-state index in [1.165, 1.54) is 25.3 Å². The summed E-state index contributed by atoms with van der Waals surface area (Å²) >= 11 is 1.15. The van der Waals surface area contributed by atoms with Crippen molar-refractivity contribution in [2.75, 3.05) is 18.2 Å². The topological polar surface area (TPSA) is 120 Å². The number of pyridine rings is 1. The molecule has 9 heteroatoms. The standard InChI is InChI=1S/C27H20N4O4S/c1-35-18-12-13-20(22(14-18)31(33)34)29-26(32)25-24(28)23-19(16-8-4-2-5-9-16)15-21(30-27(23)36-25)17-10-6-3-7-11-17/h2-15H,28H2,1H3,(H,29,32). The zero-order valence-electron chi connectivity index (χ0n) is 19.1. The molecule has 3 aromatic carbocycles. The van der Waals surface area contributed by atoms with Crippen LogP contribution in [0.4, 0.5) is 17.1 Å². The predicted octanol–water partition coefficient (Wildman–Crippen LogP) is 6.38. The van der Waals surface area contributed by atoms with Crippen LogP contribution in [0.25, 0.3) is 32.6 Å². The molecule has 2 heterocycles. The largest absolute Gasteiger partial charge is 0.496 e. The predicted molar refractivity (Wildman–Crippen MR) is 143 cm³/mol. The molecule has 0 aliphatic carbocycles. The number of nitrogens with one attached hydrogen (secondary N) is 1. The maximum atomic E-state index is 13.3. The number of carbonyl (C=O) groups excluding carboxylic acids is 1. The molecule has 0 bridgehead atoms. The van der Waals surface area contributed by atoms with Crippen molar-refractivity contribution in [1.82, 2.24) is 4.98 Å². The van der Waals surface area contributed by atoms with Gasteiger partial charge in [-0.2, -0.15) is 0 Å². The Balaban J connectivity index is 1.63. The normalized spacial score (nSPS) is 10.8. The molecule has 5 rings (SSSR count). The summed E-state index contributed by atoms with van der Waals surface area (Å²) in [6, 6.07) is 25.7. The molecule has 0 aliphatic rings. The van der Waals surface area contributed by atoms with Crippen LogP contribution in [0.3, 0.4) is 0 Å². The molecule has 0 aliphatic heterocycles. The van der Waals surface area contributed by atoms with Gasteiger partial charge in [0.05, 0.1) is 29.5 Å². The third-order valence-corrected chi connectivity index (χ3v) is 6.81. The average Bonchev–Trinajstić information content (AvgIpc) is 3.25. The number of fused-ring (bicyclic) bond motifs is 1. The van der Waals surface area contributed by atoms with Crippen LogP contribution in [0.1, 0.15) is 9.67 Å². The van der Waals surface area contributed by atoms with Gasteiger partial charge in [0.15, 0.2) is 0 Å². The van der Waals surface area contributed by atoms with Crippen LogP contribution in [-0.4, -0.2) is 22.9 Å². The van der Waals surface area contributed by atoms with Crippen molar-refractivity contribution in [3.8, 4) is 28.1 Å². The monoisotopic (exact) mass is 496 g/mol. The zero-order valence-corrected chi connectivity index (χ0v) is 19.9. The maximum absolute atomic E-state index is 13.3. The number of aromatic nitrogens is 1. The number of ether oxygens (including phenoxy) is 1. The highest BCUT2D eigenvalue weighted by Gasteiger charge is 2.24. The lowest BCUT2D eigenvalue weighted by Crippen LogP contribution is -2.13. The van der Waals surface area contributed by atoms with Crippen molar-refractivity contribution in [2.45, 2.75) is 0 Å². The van der Waals surface area contributed by atoms with E-state index < -0.39 is 10.8 Å². The number of carbonyl (C=O) groups is 1. The summed E-state index contributed by atoms with van der Waals surface area (Å²) in [6.45, 7) is 0. The smallest absolute Gasteiger partial charge is 0.296 e. The highest BCUT2D eigenvalue weighted by Crippen LogP contribution is 2.42. The number of nitro groups is 1. The van der Waals surface area contributed by atoms with Crippen molar-refractivity contribution >= 4 is 44.5 Å². The first-order valence-corrected chi connectivity index (χ1v) is 11.8. The van der Waals surface area contributed by atoms with Gasteiger partial charge in [-0.05, 0) is 29.3 Å². The van der Waals surface area contributed by atoms with E-state index in [4.69, 9.17) is 15.5 Å². The molecule has 2 aromatic heterocycles. The van der Waals surface area contributed by atoms with E-state index >= 15 is 0 Å². The highest BCUT2D eigenvalue weighted by molar-refractivity contribution is 7.21. The van der Waals surface area contributed by atoms with E-state index in [0.717, 1.165) is 33.7 Å². The molecule has 0 radical (unpaired) electrons. The fraction of sp³-hybridized carbons (Fsp3) is 0.0370. The minimum atomic E-state index is -0.576. The minimum absolute atomic E-state index is 0.0453. The molecular weight excluding hydrogens is 476 g/mol. The van der Waals surface area contributed by atoms with E-state index in [2.05, 4.69) is 5.32 Å². The van der Waals surface area contributed by atoms with E-state index in [0.29, 0.717) is 16.0 Å². The first kappa shape index (κ1) is 23.0. The third kappa shape index (κ3) is 4.23. The Labute approximate surface area is 210 Å². The fourth-order valence-corrected chi connectivity index (χ4v) is 4.98. The molecule has 0 atom stereocenters. The molecule has 36 heavy (non-hydrogen) atoms. The second-order valence-electron chi connectivity index (χ2n) is 7.91. The van der Waals surface area contributed by atoms with Gasteiger partial charge >= 0.3 is 0 Å². The van der Waals surface area contributed by atoms with Crippen molar-refractivity contribution < 1.29 is 14.5 Å². The quantitative estimate of drug-likeness (QED) is 0.208. The number of nitrogens with two attached hydrogens (primary N) is 1. The lowest BCUT2D eigenvalue weighted by molar-refractivity contribution is -0.384. The summed E-state index contributed by atoms with van der Waals surface area (Å²) in [5.74, 6) is -0.241. The van der Waals surface area contributed by atoms with Crippen molar-refractivity contribution in [3.05, 3.63) is 99.9 Å². The van der Waals surface area contributed by atoms with Crippen LogP contribution in [-0.2, 0) is 0 Å². The second-order valence-corrected chi connectivity index (χ2v) is 8.91. The van der Waals surface area contributed by atoms with Gasteiger partial charge in [-0.15, -0.1) is 11.3 Å². The maximum Gasteiger partial charge on any atom is 0.296 e. The second kappa shape index (κ2) is 9.47. The number of anilines is 2. The number of nitrogen functional groups attached to an aromatic ring is 1. The van der Waals surface area contributed by atoms with Crippen LogP contribution in [0.5, 0.6) is 5.75 Å². The summed E-state index contributed by atoms with van der Waals surface area (Å²) in [4.78, 5) is 29.9. The lowest BCUT2D eigenvalue weighted by atomic mass is 9.99. The Morgan fingerprint density at radius 1 is 1.00 bits per heavy atom.